The Hall–Kier alpha value is -0.900. The van der Waals surface area contributed by atoms with Gasteiger partial charge in [-0.2, -0.15) is 0 Å². The minimum Gasteiger partial charge on any atom is -0.330 e. The molecule has 1 aromatic rings. The van der Waals surface area contributed by atoms with Crippen LogP contribution in [0.4, 0.5) is 0 Å². The zero-order valence-corrected chi connectivity index (χ0v) is 9.82. The van der Waals surface area contributed by atoms with Gasteiger partial charge in [0.05, 0.1) is 5.69 Å². The molecule has 4 nitrogen and oxygen atoms in total. The topological polar surface area (TPSA) is 56.7 Å². The standard InChI is InChI=1S/C11H22N4/c1-10(2)6-8-15-9-11(13-14-15)5-3-4-7-12/h9-10H,3-8,12H2,1-2H3. The highest BCUT2D eigenvalue weighted by Gasteiger charge is 2.01. The van der Waals surface area contributed by atoms with Crippen LogP contribution < -0.4 is 5.73 Å². The molecule has 2 N–H and O–H groups in total. The van der Waals surface area contributed by atoms with Crippen molar-refractivity contribution in [3.8, 4) is 0 Å². The van der Waals surface area contributed by atoms with Crippen LogP contribution >= 0.6 is 0 Å². The maximum Gasteiger partial charge on any atom is 0.0827 e. The van der Waals surface area contributed by atoms with E-state index in [0.29, 0.717) is 0 Å². The predicted molar refractivity (Wildman–Crippen MR) is 61.5 cm³/mol. The Balaban J connectivity index is 2.29. The molecule has 86 valence electrons. The number of hydrogen-bond donors (Lipinski definition) is 1. The second-order valence-corrected chi connectivity index (χ2v) is 4.40. The van der Waals surface area contributed by atoms with Gasteiger partial charge in [0, 0.05) is 12.7 Å². The summed E-state index contributed by atoms with van der Waals surface area (Å²) in [6, 6.07) is 0. The monoisotopic (exact) mass is 210 g/mol. The highest BCUT2D eigenvalue weighted by Crippen LogP contribution is 2.04. The highest BCUT2D eigenvalue weighted by atomic mass is 15.4. The van der Waals surface area contributed by atoms with E-state index < -0.39 is 0 Å². The van der Waals surface area contributed by atoms with Crippen LogP contribution in [-0.2, 0) is 13.0 Å². The van der Waals surface area contributed by atoms with Crippen molar-refractivity contribution in [2.24, 2.45) is 11.7 Å². The van der Waals surface area contributed by atoms with Gasteiger partial charge in [-0.05, 0) is 38.1 Å². The molecule has 0 spiro atoms. The summed E-state index contributed by atoms with van der Waals surface area (Å²) in [5.41, 5.74) is 6.53. The Morgan fingerprint density at radius 2 is 2.20 bits per heavy atom. The molecule has 0 aromatic carbocycles. The maximum absolute atomic E-state index is 5.44. The van der Waals surface area contributed by atoms with Crippen LogP contribution in [0.2, 0.25) is 0 Å². The molecular formula is C11H22N4. The first-order chi connectivity index (χ1) is 7.22. The first-order valence-corrected chi connectivity index (χ1v) is 5.81. The summed E-state index contributed by atoms with van der Waals surface area (Å²) in [4.78, 5) is 0. The van der Waals surface area contributed by atoms with Crippen LogP contribution in [-0.4, -0.2) is 21.5 Å². The first-order valence-electron chi connectivity index (χ1n) is 5.81. The summed E-state index contributed by atoms with van der Waals surface area (Å²) in [7, 11) is 0. The molecule has 0 saturated carbocycles. The lowest BCUT2D eigenvalue weighted by Crippen LogP contribution is -2.01. The van der Waals surface area contributed by atoms with E-state index >= 15 is 0 Å². The molecule has 0 atom stereocenters. The largest absolute Gasteiger partial charge is 0.330 e. The molecule has 0 amide bonds. The molecule has 0 radical (unpaired) electrons. The van der Waals surface area contributed by atoms with Crippen LogP contribution in [0.3, 0.4) is 0 Å². The van der Waals surface area contributed by atoms with Gasteiger partial charge >= 0.3 is 0 Å². The molecule has 4 heteroatoms. The smallest absolute Gasteiger partial charge is 0.0827 e. The lowest BCUT2D eigenvalue weighted by Gasteiger charge is -2.02. The molecule has 15 heavy (non-hydrogen) atoms. The van der Waals surface area contributed by atoms with Crippen molar-refractivity contribution in [2.75, 3.05) is 6.54 Å². The Bertz CT molecular complexity index is 267. The van der Waals surface area contributed by atoms with E-state index in [1.165, 1.54) is 0 Å². The quantitative estimate of drug-likeness (QED) is 0.695. The van der Waals surface area contributed by atoms with E-state index in [-0.39, 0.29) is 0 Å². The fourth-order valence-corrected chi connectivity index (χ4v) is 1.40. The van der Waals surface area contributed by atoms with Crippen LogP contribution in [0.15, 0.2) is 6.20 Å². The number of unbranched alkanes of at least 4 members (excludes halogenated alkanes) is 1. The van der Waals surface area contributed by atoms with Gasteiger partial charge < -0.3 is 5.73 Å². The van der Waals surface area contributed by atoms with Gasteiger partial charge in [0.25, 0.3) is 0 Å². The summed E-state index contributed by atoms with van der Waals surface area (Å²) in [6.07, 6.45) is 6.39. The van der Waals surface area contributed by atoms with Crippen molar-refractivity contribution in [1.82, 2.24) is 15.0 Å². The molecule has 0 aliphatic carbocycles. The van der Waals surface area contributed by atoms with Crippen LogP contribution in [0.1, 0.15) is 38.8 Å². The van der Waals surface area contributed by atoms with Crippen molar-refractivity contribution in [3.63, 3.8) is 0 Å². The van der Waals surface area contributed by atoms with Crippen molar-refractivity contribution >= 4 is 0 Å². The van der Waals surface area contributed by atoms with Crippen molar-refractivity contribution in [1.29, 1.82) is 0 Å². The first kappa shape index (κ1) is 12.2. The zero-order valence-electron chi connectivity index (χ0n) is 9.82. The van der Waals surface area contributed by atoms with Gasteiger partial charge in [-0.15, -0.1) is 5.10 Å². The Morgan fingerprint density at radius 1 is 1.40 bits per heavy atom. The van der Waals surface area contributed by atoms with Gasteiger partial charge in [0.15, 0.2) is 0 Å². The SMILES string of the molecule is CC(C)CCn1cc(CCCCN)nn1. The van der Waals surface area contributed by atoms with E-state index in [9.17, 15) is 0 Å². The number of nitrogens with two attached hydrogens (primary N) is 1. The zero-order chi connectivity index (χ0) is 11.1. The van der Waals surface area contributed by atoms with Gasteiger partial charge in [-0.1, -0.05) is 19.1 Å². The number of aryl methyl sites for hydroxylation is 2. The minimum absolute atomic E-state index is 0.717. The van der Waals surface area contributed by atoms with E-state index in [1.54, 1.807) is 0 Å². The molecule has 0 fully saturated rings. The summed E-state index contributed by atoms with van der Waals surface area (Å²) >= 11 is 0. The lowest BCUT2D eigenvalue weighted by molar-refractivity contribution is 0.478. The molecule has 1 heterocycles. The Kier molecular flexibility index (Phi) is 5.32. The molecule has 1 aromatic heterocycles. The van der Waals surface area contributed by atoms with Crippen LogP contribution in [0.25, 0.3) is 0 Å². The van der Waals surface area contributed by atoms with Gasteiger partial charge in [-0.3, -0.25) is 4.68 Å². The van der Waals surface area contributed by atoms with Crippen molar-refractivity contribution in [2.45, 2.75) is 46.1 Å². The number of rotatable bonds is 7. The van der Waals surface area contributed by atoms with Crippen LogP contribution in [0, 0.1) is 5.92 Å². The third-order valence-electron chi connectivity index (χ3n) is 2.41. The Morgan fingerprint density at radius 3 is 2.87 bits per heavy atom. The molecule has 0 saturated heterocycles. The summed E-state index contributed by atoms with van der Waals surface area (Å²) < 4.78 is 1.94. The van der Waals surface area contributed by atoms with Crippen molar-refractivity contribution in [3.05, 3.63) is 11.9 Å². The summed E-state index contributed by atoms with van der Waals surface area (Å²) in [5, 5.41) is 8.24. The van der Waals surface area contributed by atoms with Gasteiger partial charge in [0.2, 0.25) is 0 Å². The maximum atomic E-state index is 5.44. The number of aromatic nitrogens is 3. The normalized spacial score (nSPS) is 11.2. The molecule has 0 unspecified atom stereocenters. The Labute approximate surface area is 91.9 Å². The van der Waals surface area contributed by atoms with Gasteiger partial charge in [-0.25, -0.2) is 0 Å². The second kappa shape index (κ2) is 6.56. The van der Waals surface area contributed by atoms with E-state index in [1.807, 2.05) is 4.68 Å². The molecule has 0 bridgehead atoms. The molecule has 1 rings (SSSR count). The average Bonchev–Trinajstić information content (AvgIpc) is 2.63. The fraction of sp³-hybridized carbons (Fsp3) is 0.818. The molecule has 0 aliphatic heterocycles. The third-order valence-corrected chi connectivity index (χ3v) is 2.41. The molecule has 0 aliphatic rings. The average molecular weight is 210 g/mol. The predicted octanol–water partition coefficient (Wildman–Crippen LogP) is 1.61. The van der Waals surface area contributed by atoms with Crippen LogP contribution in [0.5, 0.6) is 0 Å². The number of nitrogens with zero attached hydrogens (tertiary/aromatic N) is 3. The number of hydrogen-bond acceptors (Lipinski definition) is 3. The third kappa shape index (κ3) is 4.93. The van der Waals surface area contributed by atoms with Crippen molar-refractivity contribution < 1.29 is 0 Å². The van der Waals surface area contributed by atoms with E-state index in [2.05, 4.69) is 30.4 Å². The minimum atomic E-state index is 0.717. The summed E-state index contributed by atoms with van der Waals surface area (Å²) in [6.45, 7) is 6.18. The highest BCUT2D eigenvalue weighted by molar-refractivity contribution is 4.92. The van der Waals surface area contributed by atoms with Gasteiger partial charge in [0.1, 0.15) is 0 Å². The fourth-order valence-electron chi connectivity index (χ4n) is 1.40. The van der Waals surface area contributed by atoms with E-state index in [0.717, 1.165) is 50.4 Å². The summed E-state index contributed by atoms with van der Waals surface area (Å²) in [5.74, 6) is 0.717. The lowest BCUT2D eigenvalue weighted by atomic mass is 10.1. The second-order valence-electron chi connectivity index (χ2n) is 4.40. The van der Waals surface area contributed by atoms with E-state index in [4.69, 9.17) is 5.73 Å². The molecular weight excluding hydrogens is 188 g/mol.